The van der Waals surface area contributed by atoms with E-state index in [4.69, 9.17) is 0 Å². The largest absolute Gasteiger partial charge is 0.508 e. The smallest absolute Gasteiger partial charge is 0.254 e. The highest BCUT2D eigenvalue weighted by Crippen LogP contribution is 2.32. The molecule has 0 aliphatic carbocycles. The van der Waals surface area contributed by atoms with Crippen molar-refractivity contribution in [1.82, 2.24) is 15.1 Å². The van der Waals surface area contributed by atoms with Crippen LogP contribution in [0.1, 0.15) is 39.4 Å². The van der Waals surface area contributed by atoms with Gasteiger partial charge in [-0.05, 0) is 47.4 Å². The van der Waals surface area contributed by atoms with Gasteiger partial charge in [0, 0.05) is 18.5 Å². The molecule has 0 bridgehead atoms. The summed E-state index contributed by atoms with van der Waals surface area (Å²) in [7, 11) is 0. The highest BCUT2D eigenvalue weighted by atomic mass is 16.3. The Morgan fingerprint density at radius 3 is 1.93 bits per heavy atom. The Balaban J connectivity index is 1.28. The summed E-state index contributed by atoms with van der Waals surface area (Å²) < 4.78 is 0. The van der Waals surface area contributed by atoms with Crippen molar-refractivity contribution in [3.63, 3.8) is 0 Å². The van der Waals surface area contributed by atoms with Crippen LogP contribution in [0.15, 0.2) is 115 Å². The fraction of sp³-hybridized carbons (Fsp3) is 0.222. The first-order valence-corrected chi connectivity index (χ1v) is 14.8. The van der Waals surface area contributed by atoms with Gasteiger partial charge in [0.1, 0.15) is 17.8 Å². The molecule has 2 saturated heterocycles. The molecule has 0 spiro atoms. The summed E-state index contributed by atoms with van der Waals surface area (Å²) in [6.07, 6.45) is 0.632. The molecule has 3 atom stereocenters. The van der Waals surface area contributed by atoms with Gasteiger partial charge in [-0.25, -0.2) is 0 Å². The molecule has 8 nitrogen and oxygen atoms in total. The predicted molar refractivity (Wildman–Crippen MR) is 165 cm³/mol. The van der Waals surface area contributed by atoms with Gasteiger partial charge in [0.15, 0.2) is 5.78 Å². The van der Waals surface area contributed by atoms with Crippen LogP contribution in [0.5, 0.6) is 5.75 Å². The van der Waals surface area contributed by atoms with Gasteiger partial charge in [0.05, 0.1) is 18.5 Å². The zero-order valence-electron chi connectivity index (χ0n) is 24.1. The molecule has 3 unspecified atom stereocenters. The molecule has 0 saturated carbocycles. The molecular weight excluding hydrogens is 554 g/mol. The Morgan fingerprint density at radius 2 is 1.34 bits per heavy atom. The Kier molecular flexibility index (Phi) is 8.23. The van der Waals surface area contributed by atoms with E-state index in [0.717, 1.165) is 16.7 Å². The van der Waals surface area contributed by atoms with Gasteiger partial charge in [-0.1, -0.05) is 91.0 Å². The molecule has 2 N–H and O–H groups in total. The Morgan fingerprint density at radius 1 is 0.773 bits per heavy atom. The van der Waals surface area contributed by atoms with E-state index in [1.807, 2.05) is 66.7 Å². The zero-order chi connectivity index (χ0) is 30.6. The molecule has 0 aromatic heterocycles. The second-order valence-electron chi connectivity index (χ2n) is 11.3. The summed E-state index contributed by atoms with van der Waals surface area (Å²) in [6, 6.07) is 31.9. The number of Topliss-reactive ketones (excluding diaryl/α,β-unsaturated/α-hetero) is 1. The van der Waals surface area contributed by atoms with E-state index in [9.17, 15) is 24.3 Å². The van der Waals surface area contributed by atoms with Gasteiger partial charge in [-0.2, -0.15) is 0 Å². The van der Waals surface area contributed by atoms with Crippen molar-refractivity contribution in [2.24, 2.45) is 0 Å². The normalized spacial score (nSPS) is 18.2. The minimum atomic E-state index is -0.979. The number of likely N-dealkylation sites (tertiary alicyclic amines) is 2. The van der Waals surface area contributed by atoms with Crippen molar-refractivity contribution in [2.45, 2.75) is 36.9 Å². The molecule has 44 heavy (non-hydrogen) atoms. The number of hydrogen-bond acceptors (Lipinski definition) is 5. The average molecular weight is 588 g/mol. The number of ketones is 1. The quantitative estimate of drug-likeness (QED) is 0.325. The molecule has 222 valence electrons. The van der Waals surface area contributed by atoms with Gasteiger partial charge in [0.2, 0.25) is 11.8 Å². The van der Waals surface area contributed by atoms with Gasteiger partial charge < -0.3 is 20.2 Å². The number of carbonyl (C=O) groups is 4. The molecule has 2 aliphatic heterocycles. The number of phenolic OH excluding ortho intramolecular Hbond substituents is 1. The number of nitrogens with zero attached hydrogens (tertiary/aromatic N) is 2. The number of hydrogen-bond donors (Lipinski definition) is 2. The van der Waals surface area contributed by atoms with Crippen molar-refractivity contribution in [3.8, 4) is 5.75 Å². The third-order valence-electron chi connectivity index (χ3n) is 8.51. The highest BCUT2D eigenvalue weighted by molar-refractivity contribution is 6.03. The van der Waals surface area contributed by atoms with Crippen molar-refractivity contribution in [3.05, 3.63) is 138 Å². The summed E-state index contributed by atoms with van der Waals surface area (Å²) in [5.41, 5.74) is 2.81. The topological polar surface area (TPSA) is 107 Å². The van der Waals surface area contributed by atoms with E-state index < -0.39 is 24.0 Å². The standard InChI is InChI=1S/C36H33N3O5/c40-28-18-16-24(17-19-28)22-29(37-34(42)32(25-10-4-1-5-11-25)26-12-6-2-7-13-26)36(44)38-21-20-30-33(38)31(41)23-39(30)35(43)27-14-8-3-9-15-27/h1-19,29-30,32-33,40H,20-23H2,(H,37,42). The molecule has 3 amide bonds. The monoisotopic (exact) mass is 587 g/mol. The fourth-order valence-electron chi connectivity index (χ4n) is 6.39. The van der Waals surface area contributed by atoms with Crippen LogP contribution in [0.4, 0.5) is 0 Å². The average Bonchev–Trinajstić information content (AvgIpc) is 3.64. The molecule has 4 aromatic rings. The van der Waals surface area contributed by atoms with E-state index in [1.165, 1.54) is 17.0 Å². The number of amides is 3. The minimum Gasteiger partial charge on any atom is -0.508 e. The van der Waals surface area contributed by atoms with Crippen LogP contribution in [-0.2, 0) is 20.8 Å². The second-order valence-corrected chi connectivity index (χ2v) is 11.3. The second kappa shape index (κ2) is 12.6. The molecule has 8 heteroatoms. The number of benzene rings is 4. The summed E-state index contributed by atoms with van der Waals surface area (Å²) >= 11 is 0. The van der Waals surface area contributed by atoms with Crippen LogP contribution in [0.2, 0.25) is 0 Å². The summed E-state index contributed by atoms with van der Waals surface area (Å²) in [6.45, 7) is 0.229. The number of nitrogens with one attached hydrogen (secondary N) is 1. The van der Waals surface area contributed by atoms with Crippen molar-refractivity contribution in [2.75, 3.05) is 13.1 Å². The van der Waals surface area contributed by atoms with Gasteiger partial charge in [-0.15, -0.1) is 0 Å². The van der Waals surface area contributed by atoms with Gasteiger partial charge >= 0.3 is 0 Å². The summed E-state index contributed by atoms with van der Waals surface area (Å²) in [4.78, 5) is 58.1. The summed E-state index contributed by atoms with van der Waals surface area (Å²) in [5, 5.41) is 12.8. The Hall–Kier alpha value is -5.24. The molecule has 0 radical (unpaired) electrons. The van der Waals surface area contributed by atoms with Crippen molar-refractivity contribution >= 4 is 23.5 Å². The van der Waals surface area contributed by atoms with Crippen LogP contribution in [0.25, 0.3) is 0 Å². The predicted octanol–water partition coefficient (Wildman–Crippen LogP) is 3.95. The van der Waals surface area contributed by atoms with Gasteiger partial charge in [0.25, 0.3) is 5.91 Å². The van der Waals surface area contributed by atoms with E-state index in [2.05, 4.69) is 5.32 Å². The Bertz CT molecular complexity index is 1600. The van der Waals surface area contributed by atoms with Crippen LogP contribution in [0, 0.1) is 0 Å². The maximum absolute atomic E-state index is 14.3. The third-order valence-corrected chi connectivity index (χ3v) is 8.51. The summed E-state index contributed by atoms with van der Waals surface area (Å²) in [5.74, 6) is -1.70. The maximum atomic E-state index is 14.3. The molecule has 2 heterocycles. The third kappa shape index (κ3) is 5.83. The number of carbonyl (C=O) groups excluding carboxylic acids is 4. The van der Waals surface area contributed by atoms with E-state index in [1.54, 1.807) is 41.3 Å². The first-order valence-electron chi connectivity index (χ1n) is 14.8. The first kappa shape index (κ1) is 28.9. The van der Waals surface area contributed by atoms with Crippen LogP contribution in [-0.4, -0.2) is 69.6 Å². The van der Waals surface area contributed by atoms with E-state index in [-0.39, 0.29) is 42.2 Å². The van der Waals surface area contributed by atoms with Gasteiger partial charge in [-0.3, -0.25) is 19.2 Å². The minimum absolute atomic E-state index is 0.0636. The lowest BCUT2D eigenvalue weighted by Gasteiger charge is -2.29. The zero-order valence-corrected chi connectivity index (χ0v) is 24.1. The van der Waals surface area contributed by atoms with Crippen LogP contribution in [0.3, 0.4) is 0 Å². The molecule has 2 fully saturated rings. The van der Waals surface area contributed by atoms with Crippen molar-refractivity contribution < 1.29 is 24.3 Å². The lowest BCUT2D eigenvalue weighted by Crippen LogP contribution is -2.54. The lowest BCUT2D eigenvalue weighted by molar-refractivity contribution is -0.140. The number of fused-ring (bicyclic) bond motifs is 1. The van der Waals surface area contributed by atoms with Crippen LogP contribution >= 0.6 is 0 Å². The lowest BCUT2D eigenvalue weighted by atomic mass is 9.90. The highest BCUT2D eigenvalue weighted by Gasteiger charge is 2.52. The van der Waals surface area contributed by atoms with Crippen LogP contribution < -0.4 is 5.32 Å². The SMILES string of the molecule is O=C(NC(Cc1ccc(O)cc1)C(=O)N1CCC2C1C(=O)CN2C(=O)c1ccccc1)C(c1ccccc1)c1ccccc1. The number of phenols is 1. The number of aromatic hydroxyl groups is 1. The Labute approximate surface area is 255 Å². The van der Waals surface area contributed by atoms with E-state index >= 15 is 0 Å². The molecule has 2 aliphatic rings. The fourth-order valence-corrected chi connectivity index (χ4v) is 6.39. The van der Waals surface area contributed by atoms with E-state index in [0.29, 0.717) is 18.5 Å². The van der Waals surface area contributed by atoms with Crippen molar-refractivity contribution in [1.29, 1.82) is 0 Å². The first-order chi connectivity index (χ1) is 21.4. The molecule has 4 aromatic carbocycles. The molecular formula is C36H33N3O5. The molecule has 6 rings (SSSR count). The maximum Gasteiger partial charge on any atom is 0.254 e. The number of rotatable bonds is 8.